The standard InChI is InChI=1S/C19H33N/c1-5-9-16-12-14-18(15-13-16)19(20-8-4)17(10-6-2)11-7-3/h12-15,17,19-20H,5-11H2,1-4H3. The van der Waals surface area contributed by atoms with Crippen LogP contribution in [0.3, 0.4) is 0 Å². The van der Waals surface area contributed by atoms with Gasteiger partial charge in [-0.25, -0.2) is 0 Å². The molecule has 0 saturated carbocycles. The van der Waals surface area contributed by atoms with Gasteiger partial charge in [-0.3, -0.25) is 0 Å². The molecule has 0 aliphatic carbocycles. The van der Waals surface area contributed by atoms with Gasteiger partial charge in [0.05, 0.1) is 0 Å². The van der Waals surface area contributed by atoms with Gasteiger partial charge in [0.2, 0.25) is 0 Å². The summed E-state index contributed by atoms with van der Waals surface area (Å²) in [5, 5.41) is 3.72. The van der Waals surface area contributed by atoms with Crippen molar-refractivity contribution in [2.45, 2.75) is 72.3 Å². The van der Waals surface area contributed by atoms with Crippen LogP contribution in [0, 0.1) is 5.92 Å². The van der Waals surface area contributed by atoms with Gasteiger partial charge in [0.15, 0.2) is 0 Å². The number of hydrogen-bond acceptors (Lipinski definition) is 1. The molecule has 0 saturated heterocycles. The van der Waals surface area contributed by atoms with E-state index in [2.05, 4.69) is 57.3 Å². The second-order valence-corrected chi connectivity index (χ2v) is 5.86. The van der Waals surface area contributed by atoms with Crippen LogP contribution in [-0.4, -0.2) is 6.54 Å². The van der Waals surface area contributed by atoms with Crippen molar-refractivity contribution < 1.29 is 0 Å². The fourth-order valence-corrected chi connectivity index (χ4v) is 3.18. The Labute approximate surface area is 126 Å². The Kier molecular flexibility index (Phi) is 8.60. The van der Waals surface area contributed by atoms with Crippen LogP contribution in [0.5, 0.6) is 0 Å². The van der Waals surface area contributed by atoms with E-state index in [9.17, 15) is 0 Å². The minimum Gasteiger partial charge on any atom is -0.310 e. The Hall–Kier alpha value is -0.820. The van der Waals surface area contributed by atoms with Gasteiger partial charge in [-0.05, 0) is 42.9 Å². The van der Waals surface area contributed by atoms with E-state index in [1.165, 1.54) is 49.7 Å². The molecule has 0 spiro atoms. The molecule has 1 nitrogen and oxygen atoms in total. The molecule has 0 aliphatic rings. The summed E-state index contributed by atoms with van der Waals surface area (Å²) in [6.45, 7) is 10.1. The van der Waals surface area contributed by atoms with Crippen LogP contribution >= 0.6 is 0 Å². The highest BCUT2D eigenvalue weighted by atomic mass is 14.9. The fourth-order valence-electron chi connectivity index (χ4n) is 3.18. The molecule has 1 unspecified atom stereocenters. The van der Waals surface area contributed by atoms with Crippen LogP contribution in [0.15, 0.2) is 24.3 Å². The summed E-state index contributed by atoms with van der Waals surface area (Å²) in [6, 6.07) is 9.85. The maximum Gasteiger partial charge on any atom is 0.0348 e. The molecule has 0 aliphatic heterocycles. The third kappa shape index (κ3) is 5.28. The molecular weight excluding hydrogens is 242 g/mol. The number of aryl methyl sites for hydroxylation is 1. The van der Waals surface area contributed by atoms with Gasteiger partial charge in [-0.1, -0.05) is 71.2 Å². The van der Waals surface area contributed by atoms with E-state index in [1.54, 1.807) is 0 Å². The lowest BCUT2D eigenvalue weighted by atomic mass is 9.85. The molecule has 0 aromatic heterocycles. The van der Waals surface area contributed by atoms with E-state index in [4.69, 9.17) is 0 Å². The van der Waals surface area contributed by atoms with E-state index >= 15 is 0 Å². The van der Waals surface area contributed by atoms with Gasteiger partial charge >= 0.3 is 0 Å². The van der Waals surface area contributed by atoms with Gasteiger partial charge in [-0.15, -0.1) is 0 Å². The molecule has 0 fully saturated rings. The summed E-state index contributed by atoms with van der Waals surface area (Å²) in [4.78, 5) is 0. The van der Waals surface area contributed by atoms with Crippen molar-refractivity contribution in [3.63, 3.8) is 0 Å². The summed E-state index contributed by atoms with van der Waals surface area (Å²) in [5.74, 6) is 0.766. The Morgan fingerprint density at radius 2 is 1.45 bits per heavy atom. The first-order valence-corrected chi connectivity index (χ1v) is 8.58. The summed E-state index contributed by atoms with van der Waals surface area (Å²) < 4.78 is 0. The summed E-state index contributed by atoms with van der Waals surface area (Å²) in [6.07, 6.45) is 7.62. The van der Waals surface area contributed by atoms with Gasteiger partial charge in [0, 0.05) is 6.04 Å². The van der Waals surface area contributed by atoms with Crippen LogP contribution in [-0.2, 0) is 6.42 Å². The monoisotopic (exact) mass is 275 g/mol. The maximum absolute atomic E-state index is 3.72. The molecule has 1 atom stereocenters. The zero-order valence-corrected chi connectivity index (χ0v) is 13.9. The van der Waals surface area contributed by atoms with E-state index in [1.807, 2.05) is 0 Å². The zero-order chi connectivity index (χ0) is 14.8. The molecule has 0 heterocycles. The lowest BCUT2D eigenvalue weighted by molar-refractivity contribution is 0.320. The first kappa shape index (κ1) is 17.2. The predicted molar refractivity (Wildman–Crippen MR) is 90.2 cm³/mol. The lowest BCUT2D eigenvalue weighted by Crippen LogP contribution is -2.28. The molecule has 20 heavy (non-hydrogen) atoms. The molecular formula is C19H33N. The van der Waals surface area contributed by atoms with Crippen molar-refractivity contribution in [1.29, 1.82) is 0 Å². The third-order valence-corrected chi connectivity index (χ3v) is 4.09. The number of nitrogens with one attached hydrogen (secondary N) is 1. The molecule has 1 N–H and O–H groups in total. The van der Waals surface area contributed by atoms with Crippen molar-refractivity contribution in [3.8, 4) is 0 Å². The van der Waals surface area contributed by atoms with Crippen molar-refractivity contribution in [2.75, 3.05) is 6.54 Å². The quantitative estimate of drug-likeness (QED) is 0.594. The Morgan fingerprint density at radius 1 is 0.850 bits per heavy atom. The van der Waals surface area contributed by atoms with Gasteiger partial charge in [0.1, 0.15) is 0 Å². The molecule has 114 valence electrons. The molecule has 1 aromatic rings. The maximum atomic E-state index is 3.72. The highest BCUT2D eigenvalue weighted by Crippen LogP contribution is 2.30. The van der Waals surface area contributed by atoms with E-state index in [-0.39, 0.29) is 0 Å². The van der Waals surface area contributed by atoms with Crippen LogP contribution in [0.2, 0.25) is 0 Å². The van der Waals surface area contributed by atoms with Gasteiger partial charge in [-0.2, -0.15) is 0 Å². The molecule has 0 bridgehead atoms. The second kappa shape index (κ2) is 9.99. The summed E-state index contributed by atoms with van der Waals surface area (Å²) in [5.41, 5.74) is 2.94. The Bertz CT molecular complexity index is 335. The predicted octanol–water partition coefficient (Wildman–Crippen LogP) is 5.51. The molecule has 0 radical (unpaired) electrons. The molecule has 1 rings (SSSR count). The Balaban J connectivity index is 2.86. The van der Waals surface area contributed by atoms with Crippen LogP contribution in [0.1, 0.15) is 77.0 Å². The minimum atomic E-state index is 0.524. The topological polar surface area (TPSA) is 12.0 Å². The van der Waals surface area contributed by atoms with Crippen LogP contribution in [0.4, 0.5) is 0 Å². The minimum absolute atomic E-state index is 0.524. The zero-order valence-electron chi connectivity index (χ0n) is 13.9. The third-order valence-electron chi connectivity index (χ3n) is 4.09. The van der Waals surface area contributed by atoms with Crippen molar-refractivity contribution in [3.05, 3.63) is 35.4 Å². The highest BCUT2D eigenvalue weighted by Gasteiger charge is 2.20. The fraction of sp³-hybridized carbons (Fsp3) is 0.684. The largest absolute Gasteiger partial charge is 0.310 e. The molecule has 1 heteroatoms. The van der Waals surface area contributed by atoms with Crippen molar-refractivity contribution in [1.82, 2.24) is 5.32 Å². The average Bonchev–Trinajstić information content (AvgIpc) is 2.46. The van der Waals surface area contributed by atoms with E-state index in [0.717, 1.165) is 12.5 Å². The average molecular weight is 275 g/mol. The SMILES string of the molecule is CCCc1ccc(C(NCC)C(CCC)CCC)cc1. The second-order valence-electron chi connectivity index (χ2n) is 5.86. The number of hydrogen-bond donors (Lipinski definition) is 1. The van der Waals surface area contributed by atoms with Crippen LogP contribution in [0.25, 0.3) is 0 Å². The summed E-state index contributed by atoms with van der Waals surface area (Å²) >= 11 is 0. The first-order chi connectivity index (χ1) is 9.76. The number of rotatable bonds is 10. The molecule has 1 aromatic carbocycles. The van der Waals surface area contributed by atoms with Crippen LogP contribution < -0.4 is 5.32 Å². The summed E-state index contributed by atoms with van der Waals surface area (Å²) in [7, 11) is 0. The smallest absolute Gasteiger partial charge is 0.0348 e. The van der Waals surface area contributed by atoms with Crippen molar-refractivity contribution >= 4 is 0 Å². The van der Waals surface area contributed by atoms with Gasteiger partial charge < -0.3 is 5.32 Å². The normalized spacial score (nSPS) is 12.8. The Morgan fingerprint density at radius 3 is 1.90 bits per heavy atom. The number of benzene rings is 1. The van der Waals surface area contributed by atoms with E-state index < -0.39 is 0 Å². The first-order valence-electron chi connectivity index (χ1n) is 8.58. The van der Waals surface area contributed by atoms with Crippen molar-refractivity contribution in [2.24, 2.45) is 5.92 Å². The van der Waals surface area contributed by atoms with Gasteiger partial charge in [0.25, 0.3) is 0 Å². The molecule has 0 amide bonds. The lowest BCUT2D eigenvalue weighted by Gasteiger charge is -2.28. The van der Waals surface area contributed by atoms with E-state index in [0.29, 0.717) is 6.04 Å². The highest BCUT2D eigenvalue weighted by molar-refractivity contribution is 5.25.